The summed E-state index contributed by atoms with van der Waals surface area (Å²) in [5, 5.41) is 10.6. The van der Waals surface area contributed by atoms with Gasteiger partial charge in [-0.05, 0) is 52.5 Å². The molecule has 3 heterocycles. The van der Waals surface area contributed by atoms with E-state index >= 15 is 0 Å². The van der Waals surface area contributed by atoms with Gasteiger partial charge in [0.2, 0.25) is 5.88 Å². The van der Waals surface area contributed by atoms with Gasteiger partial charge in [-0.3, -0.25) is 4.98 Å². The number of pyridine rings is 2. The molecule has 0 bridgehead atoms. The molecule has 1 saturated heterocycles. The highest BCUT2D eigenvalue weighted by molar-refractivity contribution is 5.87. The van der Waals surface area contributed by atoms with Gasteiger partial charge in [-0.15, -0.1) is 0 Å². The fourth-order valence-electron chi connectivity index (χ4n) is 4.79. The second-order valence-electron chi connectivity index (χ2n) is 9.70. The lowest BCUT2D eigenvalue weighted by molar-refractivity contribution is 0.0362. The van der Waals surface area contributed by atoms with Crippen molar-refractivity contribution < 1.29 is 24.1 Å². The fraction of sp³-hybridized carbons (Fsp3) is 0.625. The van der Waals surface area contributed by atoms with Crippen molar-refractivity contribution in [2.75, 3.05) is 38.3 Å². The Morgan fingerprint density at radius 1 is 1.18 bits per heavy atom. The standard InChI is InChI=1S/C24H34N4O5/c1-24(2,3)28(23(29)30)16-5-7-17(8-6-16)33-22-19-13-18(31-4)15-25-20(19)14-21(26-22)27-9-11-32-12-10-27/h13-17H,5-12H2,1-4H3,(H,29,30). The fourth-order valence-corrected chi connectivity index (χ4v) is 4.79. The molecule has 2 aromatic rings. The molecule has 0 unspecified atom stereocenters. The van der Waals surface area contributed by atoms with Crippen LogP contribution in [0.15, 0.2) is 18.3 Å². The van der Waals surface area contributed by atoms with Gasteiger partial charge in [0.15, 0.2) is 0 Å². The Hall–Kier alpha value is -2.81. The maximum absolute atomic E-state index is 11.9. The first-order valence-corrected chi connectivity index (χ1v) is 11.6. The van der Waals surface area contributed by atoms with Gasteiger partial charge in [-0.1, -0.05) is 0 Å². The SMILES string of the molecule is COc1cnc2cc(N3CCOCC3)nc(OC3CCC(N(C(=O)O)C(C)(C)C)CC3)c2c1. The zero-order chi connectivity index (χ0) is 23.6. The first kappa shape index (κ1) is 23.4. The van der Waals surface area contributed by atoms with Gasteiger partial charge in [-0.2, -0.15) is 4.98 Å². The molecule has 1 N–H and O–H groups in total. The summed E-state index contributed by atoms with van der Waals surface area (Å²) < 4.78 is 17.3. The van der Waals surface area contributed by atoms with E-state index in [0.29, 0.717) is 24.8 Å². The second kappa shape index (κ2) is 9.59. The van der Waals surface area contributed by atoms with Crippen molar-refractivity contribution in [3.05, 3.63) is 18.3 Å². The lowest BCUT2D eigenvalue weighted by Gasteiger charge is -2.42. The van der Waals surface area contributed by atoms with Crippen LogP contribution in [0.2, 0.25) is 0 Å². The van der Waals surface area contributed by atoms with E-state index in [4.69, 9.17) is 19.2 Å². The van der Waals surface area contributed by atoms with Gasteiger partial charge in [0, 0.05) is 30.7 Å². The van der Waals surface area contributed by atoms with Crippen molar-refractivity contribution in [2.45, 2.75) is 64.1 Å². The summed E-state index contributed by atoms with van der Waals surface area (Å²) in [5.41, 5.74) is 0.372. The molecule has 0 spiro atoms. The average Bonchev–Trinajstić information content (AvgIpc) is 2.79. The summed E-state index contributed by atoms with van der Waals surface area (Å²) in [6, 6.07) is 3.89. The number of hydrogen-bond acceptors (Lipinski definition) is 7. The van der Waals surface area contributed by atoms with Crippen LogP contribution in [0.1, 0.15) is 46.5 Å². The summed E-state index contributed by atoms with van der Waals surface area (Å²) in [5.74, 6) is 2.03. The number of carbonyl (C=O) groups is 1. The average molecular weight is 459 g/mol. The van der Waals surface area contributed by atoms with Crippen LogP contribution < -0.4 is 14.4 Å². The third-order valence-corrected chi connectivity index (χ3v) is 6.39. The van der Waals surface area contributed by atoms with Crippen molar-refractivity contribution in [1.82, 2.24) is 14.9 Å². The van der Waals surface area contributed by atoms with Crippen LogP contribution in [0.5, 0.6) is 11.6 Å². The Morgan fingerprint density at radius 3 is 2.48 bits per heavy atom. The van der Waals surface area contributed by atoms with E-state index < -0.39 is 11.6 Å². The minimum Gasteiger partial charge on any atom is -0.495 e. The Bertz CT molecular complexity index is 979. The first-order chi connectivity index (χ1) is 15.8. The zero-order valence-corrected chi connectivity index (χ0v) is 19.9. The van der Waals surface area contributed by atoms with Crippen molar-refractivity contribution in [1.29, 1.82) is 0 Å². The number of nitrogens with zero attached hydrogens (tertiary/aromatic N) is 4. The predicted octanol–water partition coefficient (Wildman–Crippen LogP) is 3.94. The minimum absolute atomic E-state index is 0.00602. The Balaban J connectivity index is 1.55. The summed E-state index contributed by atoms with van der Waals surface area (Å²) in [6.07, 6.45) is 3.87. The van der Waals surface area contributed by atoms with E-state index in [-0.39, 0.29) is 12.1 Å². The van der Waals surface area contributed by atoms with Gasteiger partial charge in [0.25, 0.3) is 0 Å². The van der Waals surface area contributed by atoms with Crippen LogP contribution in [0.25, 0.3) is 10.9 Å². The molecular formula is C24H34N4O5. The largest absolute Gasteiger partial charge is 0.495 e. The number of hydrogen-bond donors (Lipinski definition) is 1. The predicted molar refractivity (Wildman–Crippen MR) is 125 cm³/mol. The maximum Gasteiger partial charge on any atom is 0.407 e. The Kier molecular flexibility index (Phi) is 6.78. The van der Waals surface area contributed by atoms with E-state index in [2.05, 4.69) is 9.88 Å². The number of ether oxygens (including phenoxy) is 3. The highest BCUT2D eigenvalue weighted by Gasteiger charge is 2.36. The van der Waals surface area contributed by atoms with Crippen LogP contribution in [-0.4, -0.2) is 77.2 Å². The van der Waals surface area contributed by atoms with Crippen LogP contribution in [0.3, 0.4) is 0 Å². The van der Waals surface area contributed by atoms with Crippen LogP contribution in [0, 0.1) is 0 Å². The van der Waals surface area contributed by atoms with Crippen molar-refractivity contribution in [3.63, 3.8) is 0 Å². The van der Waals surface area contributed by atoms with Gasteiger partial charge in [0.1, 0.15) is 17.7 Å². The summed E-state index contributed by atoms with van der Waals surface area (Å²) in [6.45, 7) is 8.72. The lowest BCUT2D eigenvalue weighted by atomic mass is 9.89. The number of amides is 1. The third-order valence-electron chi connectivity index (χ3n) is 6.39. The first-order valence-electron chi connectivity index (χ1n) is 11.6. The van der Waals surface area contributed by atoms with Crippen LogP contribution in [0.4, 0.5) is 10.6 Å². The summed E-state index contributed by atoms with van der Waals surface area (Å²) >= 11 is 0. The van der Waals surface area contributed by atoms with Crippen molar-refractivity contribution >= 4 is 22.8 Å². The second-order valence-corrected chi connectivity index (χ2v) is 9.70. The monoisotopic (exact) mass is 458 g/mol. The Morgan fingerprint density at radius 2 is 1.88 bits per heavy atom. The number of morpholine rings is 1. The maximum atomic E-state index is 11.9. The number of rotatable bonds is 5. The van der Waals surface area contributed by atoms with Crippen molar-refractivity contribution in [2.24, 2.45) is 0 Å². The van der Waals surface area contributed by atoms with E-state index in [1.165, 1.54) is 0 Å². The molecule has 180 valence electrons. The smallest absolute Gasteiger partial charge is 0.407 e. The summed E-state index contributed by atoms with van der Waals surface area (Å²) in [4.78, 5) is 25.1. The molecule has 2 fully saturated rings. The van der Waals surface area contributed by atoms with E-state index in [0.717, 1.165) is 55.5 Å². The quantitative estimate of drug-likeness (QED) is 0.720. The van der Waals surface area contributed by atoms with Crippen LogP contribution >= 0.6 is 0 Å². The molecule has 2 aromatic heterocycles. The van der Waals surface area contributed by atoms with Gasteiger partial charge < -0.3 is 29.1 Å². The lowest BCUT2D eigenvalue weighted by Crippen LogP contribution is -2.52. The van der Waals surface area contributed by atoms with E-state index in [1.807, 2.05) is 32.9 Å². The molecule has 0 radical (unpaired) electrons. The molecule has 1 amide bonds. The minimum atomic E-state index is -0.865. The number of fused-ring (bicyclic) bond motifs is 1. The van der Waals surface area contributed by atoms with Gasteiger partial charge >= 0.3 is 6.09 Å². The van der Waals surface area contributed by atoms with Crippen molar-refractivity contribution in [3.8, 4) is 11.6 Å². The molecule has 1 aliphatic heterocycles. The molecule has 1 aliphatic carbocycles. The topological polar surface area (TPSA) is 97.3 Å². The molecule has 2 aliphatic rings. The number of aromatic nitrogens is 2. The molecule has 9 heteroatoms. The molecule has 4 rings (SSSR count). The molecule has 33 heavy (non-hydrogen) atoms. The Labute approximate surface area is 194 Å². The molecule has 0 atom stereocenters. The molecule has 1 saturated carbocycles. The number of carboxylic acid groups (broad SMARTS) is 1. The van der Waals surface area contributed by atoms with E-state index in [1.54, 1.807) is 18.2 Å². The molecule has 0 aromatic carbocycles. The third kappa shape index (κ3) is 5.24. The normalized spacial score (nSPS) is 21.6. The van der Waals surface area contributed by atoms with Gasteiger partial charge in [0.05, 0.1) is 37.4 Å². The zero-order valence-electron chi connectivity index (χ0n) is 19.9. The van der Waals surface area contributed by atoms with Crippen LogP contribution in [-0.2, 0) is 4.74 Å². The summed E-state index contributed by atoms with van der Waals surface area (Å²) in [7, 11) is 1.61. The highest BCUT2D eigenvalue weighted by atomic mass is 16.5. The highest BCUT2D eigenvalue weighted by Crippen LogP contribution is 2.34. The molecule has 9 nitrogen and oxygen atoms in total. The number of methoxy groups -OCH3 is 1. The van der Waals surface area contributed by atoms with E-state index in [9.17, 15) is 9.90 Å². The molecular weight excluding hydrogens is 424 g/mol. The number of anilines is 1. The van der Waals surface area contributed by atoms with Gasteiger partial charge in [-0.25, -0.2) is 4.79 Å².